The van der Waals surface area contributed by atoms with Crippen LogP contribution in [0.25, 0.3) is 0 Å². The molecular formula is C12H18N4O4. The number of aromatic amines is 1. The molecule has 2 unspecified atom stereocenters. The van der Waals surface area contributed by atoms with Gasteiger partial charge in [0, 0.05) is 24.8 Å². The van der Waals surface area contributed by atoms with Crippen LogP contribution in [0.3, 0.4) is 0 Å². The number of aliphatic carboxylic acids is 1. The summed E-state index contributed by atoms with van der Waals surface area (Å²) in [6, 6.07) is -0.389. The minimum absolute atomic E-state index is 0.0962. The van der Waals surface area contributed by atoms with Crippen LogP contribution in [0, 0.1) is 0 Å². The van der Waals surface area contributed by atoms with Gasteiger partial charge in [0.05, 0.1) is 31.4 Å². The maximum absolute atomic E-state index is 12.1. The Labute approximate surface area is 116 Å². The van der Waals surface area contributed by atoms with Crippen molar-refractivity contribution in [1.82, 2.24) is 20.4 Å². The van der Waals surface area contributed by atoms with Crippen molar-refractivity contribution in [3.63, 3.8) is 0 Å². The van der Waals surface area contributed by atoms with Gasteiger partial charge in [-0.05, 0) is 6.92 Å². The monoisotopic (exact) mass is 282 g/mol. The third kappa shape index (κ3) is 3.70. The molecule has 0 radical (unpaired) electrons. The van der Waals surface area contributed by atoms with Gasteiger partial charge in [-0.1, -0.05) is 0 Å². The fourth-order valence-electron chi connectivity index (χ4n) is 2.08. The van der Waals surface area contributed by atoms with Crippen molar-refractivity contribution < 1.29 is 19.4 Å². The van der Waals surface area contributed by atoms with E-state index in [0.717, 1.165) is 5.56 Å². The molecule has 0 bridgehead atoms. The number of amides is 2. The lowest BCUT2D eigenvalue weighted by molar-refractivity contribution is -0.141. The fraction of sp³-hybridized carbons (Fsp3) is 0.583. The number of H-pyrrole nitrogens is 1. The molecule has 0 saturated carbocycles. The topological polar surface area (TPSA) is 108 Å². The summed E-state index contributed by atoms with van der Waals surface area (Å²) >= 11 is 0. The molecule has 20 heavy (non-hydrogen) atoms. The minimum Gasteiger partial charge on any atom is -0.481 e. The fourth-order valence-corrected chi connectivity index (χ4v) is 2.08. The first-order valence-corrected chi connectivity index (χ1v) is 6.43. The van der Waals surface area contributed by atoms with Crippen LogP contribution in [0.5, 0.6) is 0 Å². The van der Waals surface area contributed by atoms with E-state index >= 15 is 0 Å². The highest BCUT2D eigenvalue weighted by Crippen LogP contribution is 2.12. The van der Waals surface area contributed by atoms with Crippen molar-refractivity contribution in [3.05, 3.63) is 18.0 Å². The van der Waals surface area contributed by atoms with Crippen LogP contribution in [0.1, 0.15) is 24.9 Å². The zero-order valence-corrected chi connectivity index (χ0v) is 11.2. The average Bonchev–Trinajstić information content (AvgIpc) is 2.92. The number of nitrogens with zero attached hydrogens (tertiary/aromatic N) is 2. The Hall–Kier alpha value is -2.09. The molecular weight excluding hydrogens is 264 g/mol. The Morgan fingerprint density at radius 3 is 3.15 bits per heavy atom. The van der Waals surface area contributed by atoms with Crippen LogP contribution in [0.15, 0.2) is 12.4 Å². The Morgan fingerprint density at radius 2 is 2.50 bits per heavy atom. The first-order valence-electron chi connectivity index (χ1n) is 6.43. The normalized spacial score (nSPS) is 20.4. The molecule has 1 aromatic heterocycles. The summed E-state index contributed by atoms with van der Waals surface area (Å²) in [4.78, 5) is 24.4. The standard InChI is InChI=1S/C12H18N4O4/c1-8(9-5-13-14-6-9)15-12(19)16-2-3-20-10(7-16)4-11(17)18/h5-6,8,10H,2-4,7H2,1H3,(H,13,14)(H,15,19)(H,17,18). The zero-order valence-electron chi connectivity index (χ0n) is 11.2. The largest absolute Gasteiger partial charge is 0.481 e. The summed E-state index contributed by atoms with van der Waals surface area (Å²) in [6.45, 7) is 2.96. The van der Waals surface area contributed by atoms with Crippen LogP contribution < -0.4 is 5.32 Å². The molecule has 2 heterocycles. The van der Waals surface area contributed by atoms with Gasteiger partial charge in [-0.3, -0.25) is 9.89 Å². The number of morpholine rings is 1. The molecule has 0 spiro atoms. The predicted molar refractivity (Wildman–Crippen MR) is 69.1 cm³/mol. The SMILES string of the molecule is CC(NC(=O)N1CCOC(CC(=O)O)C1)c1cn[nH]c1. The number of nitrogens with one attached hydrogen (secondary N) is 2. The summed E-state index contributed by atoms with van der Waals surface area (Å²) in [6.07, 6.45) is 2.83. The van der Waals surface area contributed by atoms with E-state index in [4.69, 9.17) is 9.84 Å². The molecule has 110 valence electrons. The second-order valence-electron chi connectivity index (χ2n) is 4.74. The zero-order chi connectivity index (χ0) is 14.5. The summed E-state index contributed by atoms with van der Waals surface area (Å²) in [5.41, 5.74) is 0.883. The minimum atomic E-state index is -0.927. The van der Waals surface area contributed by atoms with Gasteiger partial charge in [-0.2, -0.15) is 5.10 Å². The number of aromatic nitrogens is 2. The molecule has 1 fully saturated rings. The molecule has 0 aliphatic carbocycles. The van der Waals surface area contributed by atoms with Crippen molar-refractivity contribution in [1.29, 1.82) is 0 Å². The van der Waals surface area contributed by atoms with Crippen LogP contribution in [-0.4, -0.2) is 58.0 Å². The second kappa shape index (κ2) is 6.38. The van der Waals surface area contributed by atoms with Crippen LogP contribution in [0.4, 0.5) is 4.79 Å². The van der Waals surface area contributed by atoms with Gasteiger partial charge in [0.2, 0.25) is 0 Å². The summed E-state index contributed by atoms with van der Waals surface area (Å²) in [7, 11) is 0. The van der Waals surface area contributed by atoms with E-state index < -0.39 is 12.1 Å². The highest BCUT2D eigenvalue weighted by Gasteiger charge is 2.26. The predicted octanol–water partition coefficient (Wildman–Crippen LogP) is 0.356. The van der Waals surface area contributed by atoms with Gasteiger partial charge in [0.15, 0.2) is 0 Å². The Morgan fingerprint density at radius 1 is 1.70 bits per heavy atom. The van der Waals surface area contributed by atoms with Gasteiger partial charge < -0.3 is 20.1 Å². The Bertz CT molecular complexity index is 462. The lowest BCUT2D eigenvalue weighted by Gasteiger charge is -2.33. The maximum Gasteiger partial charge on any atom is 0.318 e. The number of rotatable bonds is 4. The van der Waals surface area contributed by atoms with Crippen molar-refractivity contribution in [2.24, 2.45) is 0 Å². The van der Waals surface area contributed by atoms with Crippen molar-refractivity contribution >= 4 is 12.0 Å². The highest BCUT2D eigenvalue weighted by molar-refractivity contribution is 5.75. The summed E-state index contributed by atoms with van der Waals surface area (Å²) in [5, 5.41) is 18.1. The summed E-state index contributed by atoms with van der Waals surface area (Å²) < 4.78 is 5.33. The molecule has 1 aromatic rings. The van der Waals surface area contributed by atoms with Crippen molar-refractivity contribution in [2.45, 2.75) is 25.5 Å². The smallest absolute Gasteiger partial charge is 0.318 e. The number of carboxylic acid groups (broad SMARTS) is 1. The molecule has 1 saturated heterocycles. The van der Waals surface area contributed by atoms with Gasteiger partial charge in [-0.25, -0.2) is 4.79 Å². The van der Waals surface area contributed by atoms with E-state index in [1.807, 2.05) is 6.92 Å². The Kier molecular flexibility index (Phi) is 4.57. The number of carboxylic acids is 1. The van der Waals surface area contributed by atoms with Gasteiger partial charge in [-0.15, -0.1) is 0 Å². The lowest BCUT2D eigenvalue weighted by atomic mass is 10.2. The first-order chi connectivity index (χ1) is 9.56. The van der Waals surface area contributed by atoms with Crippen LogP contribution in [0.2, 0.25) is 0 Å². The second-order valence-corrected chi connectivity index (χ2v) is 4.74. The van der Waals surface area contributed by atoms with Crippen molar-refractivity contribution in [3.8, 4) is 0 Å². The van der Waals surface area contributed by atoms with Crippen LogP contribution >= 0.6 is 0 Å². The number of hydrogen-bond donors (Lipinski definition) is 3. The first kappa shape index (κ1) is 14.3. The van der Waals surface area contributed by atoms with E-state index in [1.54, 1.807) is 17.3 Å². The number of hydrogen-bond acceptors (Lipinski definition) is 4. The third-order valence-electron chi connectivity index (χ3n) is 3.19. The number of carbonyl (C=O) groups excluding carboxylic acids is 1. The molecule has 2 rings (SSSR count). The third-order valence-corrected chi connectivity index (χ3v) is 3.19. The van der Waals surface area contributed by atoms with Crippen molar-refractivity contribution in [2.75, 3.05) is 19.7 Å². The van der Waals surface area contributed by atoms with Gasteiger partial charge in [0.25, 0.3) is 0 Å². The molecule has 8 heteroatoms. The molecule has 2 atom stereocenters. The van der Waals surface area contributed by atoms with E-state index in [-0.39, 0.29) is 25.0 Å². The highest BCUT2D eigenvalue weighted by atomic mass is 16.5. The summed E-state index contributed by atoms with van der Waals surface area (Å²) in [5.74, 6) is -0.927. The van der Waals surface area contributed by atoms with Gasteiger partial charge >= 0.3 is 12.0 Å². The maximum atomic E-state index is 12.1. The average molecular weight is 282 g/mol. The number of carbonyl (C=O) groups is 2. The van der Waals surface area contributed by atoms with Crippen LogP contribution in [-0.2, 0) is 9.53 Å². The van der Waals surface area contributed by atoms with Gasteiger partial charge in [0.1, 0.15) is 0 Å². The molecule has 0 aromatic carbocycles. The van der Waals surface area contributed by atoms with E-state index in [1.165, 1.54) is 0 Å². The quantitative estimate of drug-likeness (QED) is 0.739. The molecule has 2 amide bonds. The molecule has 1 aliphatic heterocycles. The number of urea groups is 1. The van der Waals surface area contributed by atoms with E-state index in [2.05, 4.69) is 15.5 Å². The Balaban J connectivity index is 1.87. The molecule has 3 N–H and O–H groups in total. The number of ether oxygens (including phenoxy) is 1. The van der Waals surface area contributed by atoms with E-state index in [9.17, 15) is 9.59 Å². The van der Waals surface area contributed by atoms with E-state index in [0.29, 0.717) is 13.2 Å². The lowest BCUT2D eigenvalue weighted by Crippen LogP contribution is -2.50. The molecule has 8 nitrogen and oxygen atoms in total. The molecule has 1 aliphatic rings.